The van der Waals surface area contributed by atoms with Gasteiger partial charge in [-0.3, -0.25) is 9.36 Å². The van der Waals surface area contributed by atoms with Crippen LogP contribution in [-0.2, 0) is 0 Å². The summed E-state index contributed by atoms with van der Waals surface area (Å²) in [6.45, 7) is 2.80. The topological polar surface area (TPSA) is 81.9 Å². The van der Waals surface area contributed by atoms with Gasteiger partial charge < -0.3 is 10.1 Å². The highest BCUT2D eigenvalue weighted by Gasteiger charge is 2.07. The molecule has 0 aliphatic carbocycles. The van der Waals surface area contributed by atoms with Gasteiger partial charge in [-0.05, 0) is 30.7 Å². The molecular formula is C18H19N5O2. The Morgan fingerprint density at radius 2 is 1.96 bits per heavy atom. The van der Waals surface area contributed by atoms with Gasteiger partial charge in [-0.1, -0.05) is 13.3 Å². The van der Waals surface area contributed by atoms with E-state index in [-0.39, 0.29) is 5.91 Å². The molecule has 0 fully saturated rings. The number of imidazole rings is 1. The van der Waals surface area contributed by atoms with Gasteiger partial charge in [0.25, 0.3) is 5.91 Å². The molecule has 128 valence electrons. The fourth-order valence-electron chi connectivity index (χ4n) is 2.14. The van der Waals surface area contributed by atoms with Crippen molar-refractivity contribution in [1.29, 1.82) is 0 Å². The quantitative estimate of drug-likeness (QED) is 0.670. The molecule has 2 aromatic heterocycles. The van der Waals surface area contributed by atoms with E-state index >= 15 is 0 Å². The molecule has 3 rings (SSSR count). The van der Waals surface area contributed by atoms with Gasteiger partial charge in [-0.25, -0.2) is 15.0 Å². The van der Waals surface area contributed by atoms with Gasteiger partial charge in [0, 0.05) is 18.0 Å². The van der Waals surface area contributed by atoms with Crippen LogP contribution in [0.4, 0.5) is 5.69 Å². The monoisotopic (exact) mass is 337 g/mol. The summed E-state index contributed by atoms with van der Waals surface area (Å²) in [5, 5.41) is 2.77. The van der Waals surface area contributed by atoms with Crippen molar-refractivity contribution in [1.82, 2.24) is 19.5 Å². The fourth-order valence-corrected chi connectivity index (χ4v) is 2.14. The minimum atomic E-state index is -0.223. The second-order valence-electron chi connectivity index (χ2n) is 5.42. The molecule has 0 unspecified atom stereocenters. The number of hydrogen-bond acceptors (Lipinski definition) is 5. The van der Waals surface area contributed by atoms with E-state index in [4.69, 9.17) is 4.74 Å². The number of carbonyl (C=O) groups excluding carboxylic acids is 1. The van der Waals surface area contributed by atoms with Crippen LogP contribution >= 0.6 is 0 Å². The highest BCUT2D eigenvalue weighted by molar-refractivity contribution is 6.04. The Morgan fingerprint density at radius 1 is 1.20 bits per heavy atom. The molecule has 0 aliphatic heterocycles. The highest BCUT2D eigenvalue weighted by atomic mass is 16.5. The summed E-state index contributed by atoms with van der Waals surface area (Å²) in [5.74, 6) is 1.03. The largest absolute Gasteiger partial charge is 0.494 e. The average Bonchev–Trinajstić information content (AvgIpc) is 3.18. The molecule has 0 bridgehead atoms. The van der Waals surface area contributed by atoms with Crippen molar-refractivity contribution in [2.24, 2.45) is 0 Å². The number of unbranched alkanes of at least 4 members (excludes halogenated alkanes) is 1. The van der Waals surface area contributed by atoms with E-state index in [2.05, 4.69) is 27.2 Å². The molecule has 0 spiro atoms. The van der Waals surface area contributed by atoms with Crippen LogP contribution in [0.1, 0.15) is 30.1 Å². The number of rotatable bonds is 7. The predicted octanol–water partition coefficient (Wildman–Crippen LogP) is 3.09. The minimum Gasteiger partial charge on any atom is -0.494 e. The fraction of sp³-hybridized carbons (Fsp3) is 0.222. The molecule has 1 aromatic carbocycles. The van der Waals surface area contributed by atoms with Crippen LogP contribution in [0.25, 0.3) is 5.95 Å². The van der Waals surface area contributed by atoms with Crippen LogP contribution < -0.4 is 10.1 Å². The maximum absolute atomic E-state index is 12.3. The summed E-state index contributed by atoms with van der Waals surface area (Å²) < 4.78 is 7.27. The Labute approximate surface area is 145 Å². The number of ether oxygens (including phenoxy) is 1. The maximum Gasteiger partial charge on any atom is 0.255 e. The zero-order valence-corrected chi connectivity index (χ0v) is 13.9. The number of carbonyl (C=O) groups is 1. The molecule has 0 aliphatic rings. The number of aromatic nitrogens is 4. The SMILES string of the molecule is CCCCOc1ccc(C(=O)Nc2cnc(-n3ccnc3)nc2)cc1. The first kappa shape index (κ1) is 16.6. The van der Waals surface area contributed by atoms with Crippen molar-refractivity contribution >= 4 is 11.6 Å². The lowest BCUT2D eigenvalue weighted by molar-refractivity contribution is 0.102. The predicted molar refractivity (Wildman–Crippen MR) is 94.0 cm³/mol. The van der Waals surface area contributed by atoms with E-state index in [1.165, 1.54) is 0 Å². The first-order chi connectivity index (χ1) is 12.3. The molecule has 0 saturated heterocycles. The van der Waals surface area contributed by atoms with Crippen LogP contribution in [0.2, 0.25) is 0 Å². The number of nitrogens with zero attached hydrogens (tertiary/aromatic N) is 4. The van der Waals surface area contributed by atoms with E-state index in [0.29, 0.717) is 23.8 Å². The summed E-state index contributed by atoms with van der Waals surface area (Å²) in [4.78, 5) is 24.6. The Bertz CT molecular complexity index is 798. The molecule has 2 heterocycles. The number of anilines is 1. The standard InChI is InChI=1S/C18H19N5O2/c1-2-3-10-25-16-6-4-14(5-7-16)17(24)22-15-11-20-18(21-12-15)23-9-8-19-13-23/h4-9,11-13H,2-3,10H2,1H3,(H,22,24). The Morgan fingerprint density at radius 3 is 2.60 bits per heavy atom. The van der Waals surface area contributed by atoms with Crippen molar-refractivity contribution < 1.29 is 9.53 Å². The minimum absolute atomic E-state index is 0.223. The summed E-state index contributed by atoms with van der Waals surface area (Å²) >= 11 is 0. The summed E-state index contributed by atoms with van der Waals surface area (Å²) in [6, 6.07) is 7.06. The third-order valence-electron chi connectivity index (χ3n) is 3.51. The molecule has 7 nitrogen and oxygen atoms in total. The van der Waals surface area contributed by atoms with E-state index in [1.54, 1.807) is 59.9 Å². The van der Waals surface area contributed by atoms with Crippen LogP contribution in [0.3, 0.4) is 0 Å². The molecule has 0 radical (unpaired) electrons. The lowest BCUT2D eigenvalue weighted by Gasteiger charge is -2.08. The Balaban J connectivity index is 1.60. The molecule has 7 heteroatoms. The average molecular weight is 337 g/mol. The molecule has 0 saturated carbocycles. The van der Waals surface area contributed by atoms with Crippen LogP contribution in [0.15, 0.2) is 55.4 Å². The lowest BCUT2D eigenvalue weighted by atomic mass is 10.2. The molecular weight excluding hydrogens is 318 g/mol. The van der Waals surface area contributed by atoms with Crippen molar-refractivity contribution in [2.45, 2.75) is 19.8 Å². The first-order valence-electron chi connectivity index (χ1n) is 8.11. The van der Waals surface area contributed by atoms with Gasteiger partial charge >= 0.3 is 0 Å². The summed E-state index contributed by atoms with van der Waals surface area (Å²) in [6.07, 6.45) is 10.2. The lowest BCUT2D eigenvalue weighted by Crippen LogP contribution is -2.12. The van der Waals surface area contributed by atoms with E-state index in [0.717, 1.165) is 18.6 Å². The third-order valence-corrected chi connectivity index (χ3v) is 3.51. The number of benzene rings is 1. The van der Waals surface area contributed by atoms with Crippen LogP contribution in [-0.4, -0.2) is 32.0 Å². The summed E-state index contributed by atoms with van der Waals surface area (Å²) in [7, 11) is 0. The first-order valence-corrected chi connectivity index (χ1v) is 8.11. The van der Waals surface area contributed by atoms with E-state index < -0.39 is 0 Å². The Kier molecular flexibility index (Phi) is 5.36. The van der Waals surface area contributed by atoms with Crippen LogP contribution in [0, 0.1) is 0 Å². The zero-order chi connectivity index (χ0) is 17.5. The second-order valence-corrected chi connectivity index (χ2v) is 5.42. The van der Waals surface area contributed by atoms with Crippen molar-refractivity contribution in [3.63, 3.8) is 0 Å². The number of amides is 1. The Hall–Kier alpha value is -3.22. The van der Waals surface area contributed by atoms with Gasteiger partial charge in [-0.2, -0.15) is 0 Å². The van der Waals surface area contributed by atoms with Crippen molar-refractivity contribution in [2.75, 3.05) is 11.9 Å². The number of hydrogen-bond donors (Lipinski definition) is 1. The van der Waals surface area contributed by atoms with Gasteiger partial charge in [0.1, 0.15) is 12.1 Å². The van der Waals surface area contributed by atoms with Gasteiger partial charge in [0.05, 0.1) is 24.7 Å². The van der Waals surface area contributed by atoms with E-state index in [9.17, 15) is 4.79 Å². The zero-order valence-electron chi connectivity index (χ0n) is 13.9. The molecule has 0 atom stereocenters. The second kappa shape index (κ2) is 8.05. The third kappa shape index (κ3) is 4.41. The highest BCUT2D eigenvalue weighted by Crippen LogP contribution is 2.14. The van der Waals surface area contributed by atoms with Gasteiger partial charge in [0.2, 0.25) is 5.95 Å². The molecule has 25 heavy (non-hydrogen) atoms. The summed E-state index contributed by atoms with van der Waals surface area (Å²) in [5.41, 5.74) is 1.07. The molecule has 3 aromatic rings. The maximum atomic E-state index is 12.3. The van der Waals surface area contributed by atoms with Gasteiger partial charge in [-0.15, -0.1) is 0 Å². The smallest absolute Gasteiger partial charge is 0.255 e. The van der Waals surface area contributed by atoms with Gasteiger partial charge in [0.15, 0.2) is 0 Å². The van der Waals surface area contributed by atoms with Crippen LogP contribution in [0.5, 0.6) is 5.75 Å². The van der Waals surface area contributed by atoms with E-state index in [1.807, 2.05) is 0 Å². The molecule has 1 amide bonds. The molecule has 1 N–H and O–H groups in total. The van der Waals surface area contributed by atoms with Crippen molar-refractivity contribution in [3.8, 4) is 11.7 Å². The number of nitrogens with one attached hydrogen (secondary N) is 1. The van der Waals surface area contributed by atoms with Crippen molar-refractivity contribution in [3.05, 3.63) is 60.9 Å². The normalized spacial score (nSPS) is 10.4.